The van der Waals surface area contributed by atoms with Crippen molar-refractivity contribution in [3.8, 4) is 5.88 Å². The van der Waals surface area contributed by atoms with Crippen molar-refractivity contribution in [1.29, 1.82) is 0 Å². The first-order valence-corrected chi connectivity index (χ1v) is 9.18. The van der Waals surface area contributed by atoms with Gasteiger partial charge in [0.15, 0.2) is 7.98 Å². The Bertz CT molecular complexity index is 828. The number of rotatable bonds is 6. The zero-order valence-electron chi connectivity index (χ0n) is 16.1. The summed E-state index contributed by atoms with van der Waals surface area (Å²) in [6.45, 7) is 1.70. The number of halogens is 1. The molecule has 0 aliphatic carbocycles. The van der Waals surface area contributed by atoms with Crippen LogP contribution in [0.3, 0.4) is 0 Å². The Labute approximate surface area is 165 Å². The van der Waals surface area contributed by atoms with E-state index in [0.29, 0.717) is 17.4 Å². The molecule has 3 rings (SSSR count). The van der Waals surface area contributed by atoms with Crippen molar-refractivity contribution in [2.75, 3.05) is 27.2 Å². The quantitative estimate of drug-likeness (QED) is 0.567. The van der Waals surface area contributed by atoms with E-state index in [9.17, 15) is 9.18 Å². The second-order valence-electron chi connectivity index (χ2n) is 6.79. The third kappa shape index (κ3) is 4.88. The molecule has 1 aliphatic rings. The number of piperidine rings is 1. The summed E-state index contributed by atoms with van der Waals surface area (Å²) in [5.74, 6) is -0.136. The Kier molecular flexibility index (Phi) is 6.64. The molecule has 0 atom stereocenters. The zero-order valence-corrected chi connectivity index (χ0v) is 16.1. The fraction of sp³-hybridized carbons (Fsp3) is 0.400. The van der Waals surface area contributed by atoms with Crippen LogP contribution < -0.4 is 4.74 Å². The lowest BCUT2D eigenvalue weighted by Crippen LogP contribution is -2.30. The molecule has 0 bridgehead atoms. The lowest BCUT2D eigenvalue weighted by Gasteiger charge is -2.29. The molecule has 1 amide bonds. The third-order valence-electron chi connectivity index (χ3n) is 4.93. The van der Waals surface area contributed by atoms with E-state index in [1.165, 1.54) is 26.3 Å². The molecular weight excluding hydrogens is 360 g/mol. The Morgan fingerprint density at radius 3 is 2.75 bits per heavy atom. The number of hydrogen-bond acceptors (Lipinski definition) is 5. The van der Waals surface area contributed by atoms with Gasteiger partial charge in [0.05, 0.1) is 7.11 Å². The zero-order chi connectivity index (χ0) is 20.1. The van der Waals surface area contributed by atoms with Crippen molar-refractivity contribution < 1.29 is 18.8 Å². The van der Waals surface area contributed by atoms with Crippen molar-refractivity contribution in [3.05, 3.63) is 59.0 Å². The highest BCUT2D eigenvalue weighted by Crippen LogP contribution is 2.27. The molecule has 0 saturated carbocycles. The SMILES string of the molecule is [B]N1CCC(c2cccc(OCc3ccc(C(=O)N(C)OC)cc3F)n2)CC1. The van der Waals surface area contributed by atoms with Gasteiger partial charge in [0.25, 0.3) is 5.91 Å². The van der Waals surface area contributed by atoms with Crippen molar-refractivity contribution in [2.24, 2.45) is 0 Å². The molecule has 1 aromatic heterocycles. The number of carbonyl (C=O) groups is 1. The molecule has 28 heavy (non-hydrogen) atoms. The topological polar surface area (TPSA) is 54.9 Å². The summed E-state index contributed by atoms with van der Waals surface area (Å²) in [6.07, 6.45) is 1.90. The minimum absolute atomic E-state index is 0.0259. The Hall–Kier alpha value is -2.45. The Balaban J connectivity index is 1.64. The summed E-state index contributed by atoms with van der Waals surface area (Å²) in [5.41, 5.74) is 1.52. The lowest BCUT2D eigenvalue weighted by atomic mass is 9.92. The van der Waals surface area contributed by atoms with Crippen LogP contribution in [0.1, 0.15) is 40.4 Å². The largest absolute Gasteiger partial charge is 0.473 e. The van der Waals surface area contributed by atoms with E-state index in [2.05, 4.69) is 4.98 Å². The van der Waals surface area contributed by atoms with Crippen molar-refractivity contribution in [3.63, 3.8) is 0 Å². The summed E-state index contributed by atoms with van der Waals surface area (Å²) >= 11 is 0. The van der Waals surface area contributed by atoms with Gasteiger partial charge in [0, 0.05) is 35.9 Å². The molecule has 8 heteroatoms. The molecule has 1 aliphatic heterocycles. The monoisotopic (exact) mass is 383 g/mol. The number of benzene rings is 1. The van der Waals surface area contributed by atoms with E-state index in [1.54, 1.807) is 12.1 Å². The smallest absolute Gasteiger partial charge is 0.277 e. The predicted molar refractivity (Wildman–Crippen MR) is 103 cm³/mol. The van der Waals surface area contributed by atoms with Crippen LogP contribution in [-0.4, -0.2) is 56.0 Å². The van der Waals surface area contributed by atoms with Crippen LogP contribution >= 0.6 is 0 Å². The van der Waals surface area contributed by atoms with E-state index in [4.69, 9.17) is 17.6 Å². The van der Waals surface area contributed by atoms with Gasteiger partial charge in [-0.05, 0) is 44.1 Å². The third-order valence-corrected chi connectivity index (χ3v) is 4.93. The molecule has 2 aromatic rings. The van der Waals surface area contributed by atoms with E-state index in [0.717, 1.165) is 36.7 Å². The number of amides is 1. The Morgan fingerprint density at radius 2 is 2.07 bits per heavy atom. The van der Waals surface area contributed by atoms with E-state index in [-0.39, 0.29) is 12.2 Å². The maximum atomic E-state index is 14.4. The summed E-state index contributed by atoms with van der Waals surface area (Å²) in [7, 11) is 8.64. The first kappa shape index (κ1) is 20.3. The molecule has 146 valence electrons. The van der Waals surface area contributed by atoms with Crippen molar-refractivity contribution in [1.82, 2.24) is 14.9 Å². The maximum absolute atomic E-state index is 14.4. The fourth-order valence-electron chi connectivity index (χ4n) is 3.15. The van der Waals surface area contributed by atoms with Crippen molar-refractivity contribution >= 4 is 13.9 Å². The van der Waals surface area contributed by atoms with Crippen LogP contribution in [0.2, 0.25) is 0 Å². The van der Waals surface area contributed by atoms with Crippen LogP contribution in [0, 0.1) is 5.82 Å². The molecule has 1 fully saturated rings. The van der Waals surface area contributed by atoms with Gasteiger partial charge >= 0.3 is 0 Å². The second-order valence-corrected chi connectivity index (χ2v) is 6.79. The number of carbonyl (C=O) groups excluding carboxylic acids is 1. The minimum atomic E-state index is -0.512. The second kappa shape index (κ2) is 9.17. The highest BCUT2D eigenvalue weighted by Gasteiger charge is 2.20. The van der Waals surface area contributed by atoms with Crippen LogP contribution in [0.25, 0.3) is 0 Å². The number of pyridine rings is 1. The first-order valence-electron chi connectivity index (χ1n) is 9.18. The number of aromatic nitrogens is 1. The van der Waals surface area contributed by atoms with Crippen LogP contribution in [0.5, 0.6) is 5.88 Å². The molecular formula is C20H23BFN3O3. The van der Waals surface area contributed by atoms with Crippen LogP contribution in [-0.2, 0) is 11.4 Å². The van der Waals surface area contributed by atoms with E-state index < -0.39 is 11.7 Å². The number of hydroxylamine groups is 2. The van der Waals surface area contributed by atoms with Gasteiger partial charge in [-0.3, -0.25) is 9.63 Å². The summed E-state index contributed by atoms with van der Waals surface area (Å²) in [5, 5.41) is 1.04. The van der Waals surface area contributed by atoms with Gasteiger partial charge in [-0.25, -0.2) is 14.4 Å². The van der Waals surface area contributed by atoms with Crippen molar-refractivity contribution in [2.45, 2.75) is 25.4 Å². The normalized spacial score (nSPS) is 15.4. The van der Waals surface area contributed by atoms with E-state index in [1.807, 2.05) is 16.9 Å². The molecule has 1 saturated heterocycles. The molecule has 2 heterocycles. The first-order chi connectivity index (χ1) is 13.5. The maximum Gasteiger partial charge on any atom is 0.277 e. The summed E-state index contributed by atoms with van der Waals surface area (Å²) in [6, 6.07) is 9.89. The van der Waals surface area contributed by atoms with Gasteiger partial charge in [0.1, 0.15) is 12.4 Å². The highest BCUT2D eigenvalue weighted by molar-refractivity contribution is 6.04. The molecule has 1 aromatic carbocycles. The van der Waals surface area contributed by atoms with Gasteiger partial charge < -0.3 is 9.55 Å². The van der Waals surface area contributed by atoms with Gasteiger partial charge in [0.2, 0.25) is 5.88 Å². The summed E-state index contributed by atoms with van der Waals surface area (Å²) in [4.78, 5) is 23.2. The average molecular weight is 383 g/mol. The van der Waals surface area contributed by atoms with Gasteiger partial charge in [-0.15, -0.1) is 0 Å². The molecule has 2 radical (unpaired) electrons. The number of nitrogens with zero attached hydrogens (tertiary/aromatic N) is 3. The molecule has 6 nitrogen and oxygen atoms in total. The highest BCUT2D eigenvalue weighted by atomic mass is 19.1. The molecule has 0 unspecified atom stereocenters. The predicted octanol–water partition coefficient (Wildman–Crippen LogP) is 2.70. The Morgan fingerprint density at radius 1 is 1.32 bits per heavy atom. The lowest BCUT2D eigenvalue weighted by molar-refractivity contribution is -0.0757. The average Bonchev–Trinajstić information content (AvgIpc) is 2.72. The number of hydrogen-bond donors (Lipinski definition) is 0. The fourth-order valence-corrected chi connectivity index (χ4v) is 3.15. The van der Waals surface area contributed by atoms with Gasteiger partial charge in [-0.2, -0.15) is 0 Å². The van der Waals surface area contributed by atoms with E-state index >= 15 is 0 Å². The standard InChI is InChI=1S/C20H23BFN3O3/c1-24(27-2)20(26)15-6-7-16(17(22)12-15)13-28-19-5-3-4-18(23-19)14-8-10-25(21)11-9-14/h3-7,12,14H,8-11,13H2,1-2H3. The molecule has 0 spiro atoms. The minimum Gasteiger partial charge on any atom is -0.473 e. The molecule has 0 N–H and O–H groups in total. The number of ether oxygens (including phenoxy) is 1. The van der Waals surface area contributed by atoms with Crippen LogP contribution in [0.15, 0.2) is 36.4 Å². The van der Waals surface area contributed by atoms with Crippen LogP contribution in [0.4, 0.5) is 4.39 Å². The van der Waals surface area contributed by atoms with Gasteiger partial charge in [-0.1, -0.05) is 12.1 Å². The summed E-state index contributed by atoms with van der Waals surface area (Å²) < 4.78 is 20.0.